The largest absolute Gasteiger partial charge is 0.465 e. The molecule has 0 radical (unpaired) electrons. The molecular weight excluding hydrogens is 488 g/mol. The van der Waals surface area contributed by atoms with E-state index in [1.807, 2.05) is 0 Å². The molecule has 3 unspecified atom stereocenters. The average molecular weight is 551 g/mol. The molecule has 39 heavy (non-hydrogen) atoms. The number of carbonyl (C=O) groups excluding carboxylic acids is 2. The lowest BCUT2D eigenvalue weighted by molar-refractivity contribution is -0.284. The zero-order chi connectivity index (χ0) is 28.0. The Bertz CT molecular complexity index is 631. The molecular formula is C34H62O5. The first-order valence-electron chi connectivity index (χ1n) is 17.2. The molecule has 3 atom stereocenters. The van der Waals surface area contributed by atoms with Crippen LogP contribution in [0, 0.1) is 5.92 Å². The number of unbranched alkanes of at least 4 members (excludes halogenated alkanes) is 20. The van der Waals surface area contributed by atoms with Crippen molar-refractivity contribution in [2.45, 2.75) is 186 Å². The van der Waals surface area contributed by atoms with Crippen LogP contribution in [0.3, 0.4) is 0 Å². The zero-order valence-electron chi connectivity index (χ0n) is 25.8. The molecule has 1 aliphatic carbocycles. The molecule has 0 spiro atoms. The number of ether oxygens (including phenoxy) is 3. The van der Waals surface area contributed by atoms with Gasteiger partial charge in [-0.3, -0.25) is 4.79 Å². The second kappa shape index (κ2) is 21.6. The van der Waals surface area contributed by atoms with Crippen LogP contribution in [0.15, 0.2) is 0 Å². The van der Waals surface area contributed by atoms with Crippen molar-refractivity contribution >= 4 is 11.9 Å². The first-order chi connectivity index (χ1) is 19.2. The van der Waals surface area contributed by atoms with Crippen molar-refractivity contribution < 1.29 is 23.8 Å². The van der Waals surface area contributed by atoms with Crippen LogP contribution < -0.4 is 0 Å². The van der Waals surface area contributed by atoms with Gasteiger partial charge in [0.1, 0.15) is 5.92 Å². The molecule has 0 N–H and O–H groups in total. The minimum atomic E-state index is -1.09. The summed E-state index contributed by atoms with van der Waals surface area (Å²) in [5.74, 6) is -1.09. The number of hydrogen-bond donors (Lipinski definition) is 0. The summed E-state index contributed by atoms with van der Waals surface area (Å²) in [5, 5.41) is 0. The van der Waals surface area contributed by atoms with Crippen molar-refractivity contribution in [1.29, 1.82) is 0 Å². The van der Waals surface area contributed by atoms with Crippen molar-refractivity contribution in [3.8, 4) is 0 Å². The number of hydrogen-bond acceptors (Lipinski definition) is 5. The molecule has 1 saturated carbocycles. The van der Waals surface area contributed by atoms with E-state index in [1.165, 1.54) is 116 Å². The van der Waals surface area contributed by atoms with E-state index in [1.54, 1.807) is 0 Å². The van der Waals surface area contributed by atoms with Crippen LogP contribution in [0.2, 0.25) is 0 Å². The van der Waals surface area contributed by atoms with E-state index < -0.39 is 11.5 Å². The Morgan fingerprint density at radius 1 is 0.615 bits per heavy atom. The van der Waals surface area contributed by atoms with E-state index in [0.717, 1.165) is 38.5 Å². The van der Waals surface area contributed by atoms with Crippen molar-refractivity contribution in [2.75, 3.05) is 13.2 Å². The molecule has 5 nitrogen and oxygen atoms in total. The molecule has 5 heteroatoms. The van der Waals surface area contributed by atoms with Crippen LogP contribution >= 0.6 is 0 Å². The fourth-order valence-electron chi connectivity index (χ4n) is 6.35. The quantitative estimate of drug-likeness (QED) is 0.0792. The molecule has 0 aromatic heterocycles. The van der Waals surface area contributed by atoms with Crippen molar-refractivity contribution in [2.24, 2.45) is 5.92 Å². The molecule has 0 amide bonds. The first-order valence-corrected chi connectivity index (χ1v) is 17.2. The van der Waals surface area contributed by atoms with Crippen molar-refractivity contribution in [1.82, 2.24) is 0 Å². The van der Waals surface area contributed by atoms with E-state index in [4.69, 9.17) is 14.2 Å². The number of rotatable bonds is 26. The van der Waals surface area contributed by atoms with Gasteiger partial charge in [0.05, 0.1) is 19.3 Å². The molecule has 3 aliphatic rings. The lowest BCUT2D eigenvalue weighted by atomic mass is 9.67. The van der Waals surface area contributed by atoms with Gasteiger partial charge >= 0.3 is 11.9 Å². The summed E-state index contributed by atoms with van der Waals surface area (Å²) in [6.45, 7) is 5.39. The fourth-order valence-corrected chi connectivity index (χ4v) is 6.35. The maximum Gasteiger partial charge on any atom is 0.339 e. The Morgan fingerprint density at radius 3 is 1.46 bits per heavy atom. The lowest BCUT2D eigenvalue weighted by Gasteiger charge is -2.54. The van der Waals surface area contributed by atoms with Gasteiger partial charge in [0.15, 0.2) is 5.60 Å². The van der Waals surface area contributed by atoms with E-state index in [2.05, 4.69) is 13.8 Å². The fraction of sp³-hybridized carbons (Fsp3) is 0.941. The maximum absolute atomic E-state index is 13.0. The van der Waals surface area contributed by atoms with Gasteiger partial charge in [0, 0.05) is 0 Å². The highest BCUT2D eigenvalue weighted by atomic mass is 16.6. The summed E-state index contributed by atoms with van der Waals surface area (Å²) in [6.07, 6.45) is 30.0. The highest BCUT2D eigenvalue weighted by molar-refractivity contribution is 5.90. The third-order valence-electron chi connectivity index (χ3n) is 8.85. The SMILES string of the molecule is CCCCCCCCCCCCCOC(=O)C1C2CCCC1(C(=O)OCCCCCCCCCCCCC)O2. The number of fused-ring (bicyclic) bond motifs is 2. The van der Waals surface area contributed by atoms with Gasteiger partial charge in [-0.15, -0.1) is 0 Å². The molecule has 2 aliphatic heterocycles. The van der Waals surface area contributed by atoms with Crippen LogP contribution in [0.25, 0.3) is 0 Å². The Labute approximate surface area is 240 Å². The summed E-state index contributed by atoms with van der Waals surface area (Å²) in [4.78, 5) is 25.9. The predicted octanol–water partition coefficient (Wildman–Crippen LogP) is 9.63. The van der Waals surface area contributed by atoms with Crippen LogP contribution in [-0.4, -0.2) is 36.9 Å². The maximum atomic E-state index is 13.0. The third-order valence-corrected chi connectivity index (χ3v) is 8.85. The third kappa shape index (κ3) is 13.0. The topological polar surface area (TPSA) is 61.8 Å². The second-order valence-corrected chi connectivity index (χ2v) is 12.3. The van der Waals surface area contributed by atoms with Crippen LogP contribution in [-0.2, 0) is 23.8 Å². The average Bonchev–Trinajstić information content (AvgIpc) is 2.94. The molecule has 3 fully saturated rings. The van der Waals surface area contributed by atoms with Crippen LogP contribution in [0.5, 0.6) is 0 Å². The molecule has 0 aromatic rings. The van der Waals surface area contributed by atoms with Gasteiger partial charge in [-0.05, 0) is 32.1 Å². The molecule has 228 valence electrons. The Morgan fingerprint density at radius 2 is 1.03 bits per heavy atom. The summed E-state index contributed by atoms with van der Waals surface area (Å²) >= 11 is 0. The smallest absolute Gasteiger partial charge is 0.339 e. The van der Waals surface area contributed by atoms with Gasteiger partial charge in [0.25, 0.3) is 0 Å². The van der Waals surface area contributed by atoms with Crippen LogP contribution in [0.1, 0.15) is 174 Å². The molecule has 2 heterocycles. The minimum Gasteiger partial charge on any atom is -0.465 e. The second-order valence-electron chi connectivity index (χ2n) is 12.3. The highest BCUT2D eigenvalue weighted by Gasteiger charge is 2.67. The zero-order valence-corrected chi connectivity index (χ0v) is 25.8. The van der Waals surface area contributed by atoms with Gasteiger partial charge in [0.2, 0.25) is 0 Å². The van der Waals surface area contributed by atoms with E-state index in [-0.39, 0.29) is 18.0 Å². The lowest BCUT2D eigenvalue weighted by Crippen LogP contribution is -2.70. The van der Waals surface area contributed by atoms with E-state index in [9.17, 15) is 9.59 Å². The Kier molecular flexibility index (Phi) is 18.9. The van der Waals surface area contributed by atoms with Gasteiger partial charge in [-0.2, -0.15) is 0 Å². The van der Waals surface area contributed by atoms with Crippen molar-refractivity contribution in [3.63, 3.8) is 0 Å². The first kappa shape index (κ1) is 34.1. The van der Waals surface area contributed by atoms with Crippen LogP contribution in [0.4, 0.5) is 0 Å². The summed E-state index contributed by atoms with van der Waals surface area (Å²) < 4.78 is 17.2. The normalized spacial score (nSPS) is 21.9. The molecule has 0 aromatic carbocycles. The number of esters is 2. The van der Waals surface area contributed by atoms with Gasteiger partial charge in [-0.25, -0.2) is 4.79 Å². The molecule has 2 saturated heterocycles. The Balaban J connectivity index is 1.51. The van der Waals surface area contributed by atoms with Gasteiger partial charge in [-0.1, -0.05) is 142 Å². The van der Waals surface area contributed by atoms with E-state index in [0.29, 0.717) is 19.6 Å². The van der Waals surface area contributed by atoms with Gasteiger partial charge < -0.3 is 14.2 Å². The standard InChI is InChI=1S/C34H62O5/c1-3-5-7-9-11-13-15-17-19-21-23-28-37-32(35)31-30-26-25-27-34(31,39-30)33(36)38-29-24-22-20-18-16-14-12-10-8-6-4-2/h30-31H,3-29H2,1-2H3. The van der Waals surface area contributed by atoms with Crippen molar-refractivity contribution in [3.05, 3.63) is 0 Å². The van der Waals surface area contributed by atoms with E-state index >= 15 is 0 Å². The Hall–Kier alpha value is -1.10. The number of carbonyl (C=O) groups is 2. The summed E-state index contributed by atoms with van der Waals surface area (Å²) in [5.41, 5.74) is -1.09. The predicted molar refractivity (Wildman–Crippen MR) is 160 cm³/mol. The molecule has 3 rings (SSSR count). The minimum absolute atomic E-state index is 0.182. The molecule has 2 bridgehead atoms. The highest BCUT2D eigenvalue weighted by Crippen LogP contribution is 2.50. The monoisotopic (exact) mass is 550 g/mol. The summed E-state index contributed by atoms with van der Waals surface area (Å²) in [6, 6.07) is 0. The summed E-state index contributed by atoms with van der Waals surface area (Å²) in [7, 11) is 0.